The van der Waals surface area contributed by atoms with E-state index in [4.69, 9.17) is 69.6 Å². The first-order valence-corrected chi connectivity index (χ1v) is 5.93. The van der Waals surface area contributed by atoms with Crippen LogP contribution in [-0.4, -0.2) is 32.3 Å². The van der Waals surface area contributed by atoms with E-state index in [1.165, 1.54) is 0 Å². The highest BCUT2D eigenvalue weighted by Gasteiger charge is 2.46. The van der Waals surface area contributed by atoms with Crippen LogP contribution in [0.1, 0.15) is 0 Å². The molecule has 0 aromatic rings. The minimum absolute atomic E-state index is 0.437. The maximum Gasteiger partial charge on any atom is 0.0693 e. The second-order valence-corrected chi connectivity index (χ2v) is 5.69. The number of alkyl halides is 6. The van der Waals surface area contributed by atoms with Gasteiger partial charge in [0.15, 0.2) is 0 Å². The molecule has 0 aliphatic heterocycles. The smallest absolute Gasteiger partial charge is 0.0693 e. The van der Waals surface area contributed by atoms with Crippen molar-refractivity contribution in [3.63, 3.8) is 0 Å². The van der Waals surface area contributed by atoms with E-state index in [1.54, 1.807) is 0 Å². The van der Waals surface area contributed by atoms with Crippen molar-refractivity contribution in [2.75, 3.05) is 0 Å². The maximum absolute atomic E-state index is 5.88. The maximum atomic E-state index is 5.88. The van der Waals surface area contributed by atoms with E-state index in [9.17, 15) is 0 Å². The zero-order chi connectivity index (χ0) is 9.46. The third-order valence-corrected chi connectivity index (χ3v) is 5.86. The number of rotatable bonds is 0. The molecule has 0 nitrogen and oxygen atoms in total. The zero-order valence-corrected chi connectivity index (χ0v) is 10.3. The van der Waals surface area contributed by atoms with Gasteiger partial charge in [0, 0.05) is 0 Å². The Morgan fingerprint density at radius 1 is 0.333 bits per heavy atom. The van der Waals surface area contributed by atoms with Gasteiger partial charge >= 0.3 is 0 Å². The summed E-state index contributed by atoms with van der Waals surface area (Å²) in [5.41, 5.74) is 0. The first-order chi connectivity index (χ1) is 5.46. The molecule has 1 fully saturated rings. The van der Waals surface area contributed by atoms with Gasteiger partial charge in [-0.2, -0.15) is 0 Å². The van der Waals surface area contributed by atoms with E-state index >= 15 is 0 Å². The average molecular weight is 291 g/mol. The molecule has 1 aliphatic carbocycles. The van der Waals surface area contributed by atoms with Crippen molar-refractivity contribution in [3.8, 4) is 0 Å². The van der Waals surface area contributed by atoms with Gasteiger partial charge in [-0.3, -0.25) is 0 Å². The van der Waals surface area contributed by atoms with Crippen LogP contribution in [0.15, 0.2) is 0 Å². The summed E-state index contributed by atoms with van der Waals surface area (Å²) in [6.07, 6.45) is 0. The van der Waals surface area contributed by atoms with Crippen LogP contribution in [-0.2, 0) is 0 Å². The van der Waals surface area contributed by atoms with Gasteiger partial charge in [-0.25, -0.2) is 0 Å². The van der Waals surface area contributed by atoms with Crippen molar-refractivity contribution < 1.29 is 0 Å². The Bertz CT molecular complexity index is 104. The fourth-order valence-corrected chi connectivity index (χ4v) is 3.38. The molecule has 0 saturated heterocycles. The summed E-state index contributed by atoms with van der Waals surface area (Å²) in [5, 5.41) is -2.62. The van der Waals surface area contributed by atoms with Gasteiger partial charge in [0.25, 0.3) is 0 Å². The Kier molecular flexibility index (Phi) is 4.44. The summed E-state index contributed by atoms with van der Waals surface area (Å²) in [5.74, 6) is 0. The molecule has 0 unspecified atom stereocenters. The summed E-state index contributed by atoms with van der Waals surface area (Å²) in [6, 6.07) is 0. The fraction of sp³-hybridized carbons (Fsp3) is 1.00. The highest BCUT2D eigenvalue weighted by Crippen LogP contribution is 2.39. The van der Waals surface area contributed by atoms with E-state index < -0.39 is 32.3 Å². The highest BCUT2D eigenvalue weighted by atomic mass is 35.5. The Hall–Kier alpha value is 1.74. The van der Waals surface area contributed by atoms with Gasteiger partial charge in [0.05, 0.1) is 32.3 Å². The lowest BCUT2D eigenvalue weighted by molar-refractivity contribution is 0.544. The van der Waals surface area contributed by atoms with Crippen molar-refractivity contribution in [2.24, 2.45) is 0 Å². The minimum Gasteiger partial charge on any atom is -0.120 e. The molecule has 0 aromatic carbocycles. The molecule has 72 valence electrons. The average Bonchev–Trinajstić information content (AvgIpc) is 2.08. The standard InChI is InChI=1S/C6H6Cl6/c7-1-2(8)4(10)6(12)5(11)3(1)9/h1-6H/t1-,2-,3-,4+,5-,6-. The summed E-state index contributed by atoms with van der Waals surface area (Å²) in [7, 11) is 0. The van der Waals surface area contributed by atoms with E-state index in [2.05, 4.69) is 0 Å². The van der Waals surface area contributed by atoms with Gasteiger partial charge in [-0.15, -0.1) is 69.6 Å². The lowest BCUT2D eigenvalue weighted by Gasteiger charge is -2.37. The van der Waals surface area contributed by atoms with E-state index in [-0.39, 0.29) is 0 Å². The quantitative estimate of drug-likeness (QED) is 0.598. The summed E-state index contributed by atoms with van der Waals surface area (Å²) >= 11 is 35.3. The molecule has 0 heterocycles. The zero-order valence-electron chi connectivity index (χ0n) is 5.73. The van der Waals surface area contributed by atoms with Gasteiger partial charge in [0.2, 0.25) is 0 Å². The van der Waals surface area contributed by atoms with Crippen LogP contribution in [0.25, 0.3) is 0 Å². The summed E-state index contributed by atoms with van der Waals surface area (Å²) < 4.78 is 0. The number of halogens is 6. The van der Waals surface area contributed by atoms with Crippen molar-refractivity contribution in [1.82, 2.24) is 0 Å². The second-order valence-electron chi connectivity index (χ2n) is 2.67. The number of hydrogen-bond donors (Lipinski definition) is 0. The Labute approximate surface area is 101 Å². The monoisotopic (exact) mass is 288 g/mol. The molecule has 1 rings (SSSR count). The van der Waals surface area contributed by atoms with E-state index in [0.29, 0.717) is 0 Å². The molecule has 1 saturated carbocycles. The van der Waals surface area contributed by atoms with Crippen LogP contribution in [0.2, 0.25) is 0 Å². The summed E-state index contributed by atoms with van der Waals surface area (Å²) in [6.45, 7) is 0. The largest absolute Gasteiger partial charge is 0.120 e. The molecular weight excluding hydrogens is 285 g/mol. The first kappa shape index (κ1) is 11.8. The van der Waals surface area contributed by atoms with Crippen molar-refractivity contribution >= 4 is 69.6 Å². The van der Waals surface area contributed by atoms with Gasteiger partial charge in [0.1, 0.15) is 0 Å². The van der Waals surface area contributed by atoms with Crippen LogP contribution in [0.5, 0.6) is 0 Å². The van der Waals surface area contributed by atoms with Crippen molar-refractivity contribution in [3.05, 3.63) is 0 Å². The molecule has 1 aliphatic rings. The number of hydrogen-bond acceptors (Lipinski definition) is 0. The lowest BCUT2D eigenvalue weighted by Crippen LogP contribution is -2.52. The molecule has 0 N–H and O–H groups in total. The highest BCUT2D eigenvalue weighted by molar-refractivity contribution is 6.45. The van der Waals surface area contributed by atoms with Gasteiger partial charge in [-0.05, 0) is 0 Å². The molecule has 0 radical (unpaired) electrons. The molecule has 6 heteroatoms. The molecule has 0 bridgehead atoms. The van der Waals surface area contributed by atoms with Crippen LogP contribution >= 0.6 is 69.6 Å². The van der Waals surface area contributed by atoms with Gasteiger partial charge in [-0.1, -0.05) is 0 Å². The molecular formula is C6H6Cl6. The van der Waals surface area contributed by atoms with E-state index in [0.717, 1.165) is 0 Å². The van der Waals surface area contributed by atoms with Crippen LogP contribution in [0.4, 0.5) is 0 Å². The van der Waals surface area contributed by atoms with Crippen LogP contribution in [0.3, 0.4) is 0 Å². The Morgan fingerprint density at radius 3 is 0.500 bits per heavy atom. The predicted molar refractivity (Wildman–Crippen MR) is 57.8 cm³/mol. The normalized spacial score (nSPS) is 55.5. The topological polar surface area (TPSA) is 0 Å². The summed E-state index contributed by atoms with van der Waals surface area (Å²) in [4.78, 5) is 0. The molecule has 0 aromatic heterocycles. The lowest BCUT2D eigenvalue weighted by atomic mass is 9.97. The Balaban J connectivity index is 2.76. The molecule has 0 amide bonds. The van der Waals surface area contributed by atoms with Crippen molar-refractivity contribution in [1.29, 1.82) is 0 Å². The predicted octanol–water partition coefficient (Wildman–Crippen LogP) is 3.64. The fourth-order valence-electron chi connectivity index (χ4n) is 1.05. The first-order valence-electron chi connectivity index (χ1n) is 3.31. The SMILES string of the molecule is Cl[C@H]1[C@H](Cl)[C@@H](Cl)[C@H](Cl)[C@@H](Cl)[C@H]1Cl. The van der Waals surface area contributed by atoms with E-state index in [1.807, 2.05) is 0 Å². The third-order valence-electron chi connectivity index (χ3n) is 1.83. The second kappa shape index (κ2) is 4.51. The molecule has 12 heavy (non-hydrogen) atoms. The van der Waals surface area contributed by atoms with Crippen LogP contribution in [0, 0.1) is 0 Å². The van der Waals surface area contributed by atoms with Crippen molar-refractivity contribution in [2.45, 2.75) is 32.3 Å². The molecule has 0 atom stereocenters. The molecule has 0 spiro atoms. The third kappa shape index (κ3) is 2.04. The Morgan fingerprint density at radius 2 is 0.417 bits per heavy atom. The van der Waals surface area contributed by atoms with Gasteiger partial charge < -0.3 is 0 Å². The minimum atomic E-state index is -0.437. The van der Waals surface area contributed by atoms with Crippen LogP contribution < -0.4 is 0 Å².